The van der Waals surface area contributed by atoms with Gasteiger partial charge in [0.25, 0.3) is 0 Å². The maximum absolute atomic E-state index is 4.64. The molecule has 0 atom stereocenters. The van der Waals surface area contributed by atoms with Crippen molar-refractivity contribution in [2.75, 3.05) is 6.54 Å². The first kappa shape index (κ1) is 12.3. The number of aromatic amines is 1. The van der Waals surface area contributed by atoms with Gasteiger partial charge in [0.2, 0.25) is 0 Å². The van der Waals surface area contributed by atoms with Gasteiger partial charge >= 0.3 is 0 Å². The van der Waals surface area contributed by atoms with E-state index >= 15 is 0 Å². The summed E-state index contributed by atoms with van der Waals surface area (Å²) in [5, 5.41) is 5.48. The number of nitrogens with zero attached hydrogens (tertiary/aromatic N) is 1. The Morgan fingerprint density at radius 2 is 2.29 bits per heavy atom. The van der Waals surface area contributed by atoms with E-state index in [1.54, 1.807) is 11.3 Å². The van der Waals surface area contributed by atoms with Crippen LogP contribution in [0.25, 0.3) is 10.6 Å². The van der Waals surface area contributed by atoms with E-state index in [0.29, 0.717) is 5.92 Å². The number of imidazole rings is 1. The van der Waals surface area contributed by atoms with Gasteiger partial charge in [0.15, 0.2) is 0 Å². The molecule has 0 amide bonds. The summed E-state index contributed by atoms with van der Waals surface area (Å²) in [6.07, 6.45) is 0. The molecule has 0 saturated carbocycles. The Hall–Kier alpha value is -1.13. The topological polar surface area (TPSA) is 40.7 Å². The summed E-state index contributed by atoms with van der Waals surface area (Å²) >= 11 is 1.73. The fraction of sp³-hybridized carbons (Fsp3) is 0.462. The summed E-state index contributed by atoms with van der Waals surface area (Å²) in [4.78, 5) is 9.21. The second kappa shape index (κ2) is 5.47. The molecule has 0 unspecified atom stereocenters. The highest BCUT2D eigenvalue weighted by Crippen LogP contribution is 2.25. The quantitative estimate of drug-likeness (QED) is 0.854. The van der Waals surface area contributed by atoms with E-state index in [4.69, 9.17) is 0 Å². The maximum Gasteiger partial charge on any atom is 0.121 e. The van der Waals surface area contributed by atoms with Crippen molar-refractivity contribution >= 4 is 11.3 Å². The summed E-state index contributed by atoms with van der Waals surface area (Å²) in [5.41, 5.74) is 2.23. The molecular formula is C13H19N3S. The summed E-state index contributed by atoms with van der Waals surface area (Å²) in [6, 6.07) is 4.17. The number of aromatic nitrogens is 2. The molecular weight excluding hydrogens is 230 g/mol. The number of thiophene rings is 1. The van der Waals surface area contributed by atoms with Crippen LogP contribution in [-0.2, 0) is 6.54 Å². The van der Waals surface area contributed by atoms with Crippen LogP contribution < -0.4 is 5.32 Å². The van der Waals surface area contributed by atoms with Crippen molar-refractivity contribution in [1.82, 2.24) is 15.3 Å². The Morgan fingerprint density at radius 3 is 2.94 bits per heavy atom. The second-order valence-corrected chi connectivity index (χ2v) is 5.61. The lowest BCUT2D eigenvalue weighted by Gasteiger charge is -2.04. The van der Waals surface area contributed by atoms with Gasteiger partial charge in [-0.15, -0.1) is 11.3 Å². The van der Waals surface area contributed by atoms with Crippen molar-refractivity contribution in [3.8, 4) is 10.6 Å². The first-order valence-electron chi connectivity index (χ1n) is 5.97. The molecule has 0 spiro atoms. The highest BCUT2D eigenvalue weighted by atomic mass is 32.1. The SMILES string of the molecule is Cc1[nH]c(CNCC(C)C)nc1-c1cccs1. The Labute approximate surface area is 106 Å². The molecule has 92 valence electrons. The number of H-pyrrole nitrogens is 1. The highest BCUT2D eigenvalue weighted by Gasteiger charge is 2.09. The maximum atomic E-state index is 4.64. The van der Waals surface area contributed by atoms with E-state index in [-0.39, 0.29) is 0 Å². The van der Waals surface area contributed by atoms with Crippen LogP contribution in [0, 0.1) is 12.8 Å². The van der Waals surface area contributed by atoms with Crippen LogP contribution in [0.1, 0.15) is 25.4 Å². The van der Waals surface area contributed by atoms with Crippen molar-refractivity contribution in [1.29, 1.82) is 0 Å². The minimum absolute atomic E-state index is 0.669. The Bertz CT molecular complexity index is 457. The third-order valence-electron chi connectivity index (χ3n) is 2.53. The van der Waals surface area contributed by atoms with Crippen LogP contribution in [0.4, 0.5) is 0 Å². The predicted molar refractivity (Wildman–Crippen MR) is 73.2 cm³/mol. The van der Waals surface area contributed by atoms with Gasteiger partial charge in [-0.3, -0.25) is 0 Å². The van der Waals surface area contributed by atoms with Crippen LogP contribution in [0.3, 0.4) is 0 Å². The van der Waals surface area contributed by atoms with Crippen LogP contribution in [-0.4, -0.2) is 16.5 Å². The van der Waals surface area contributed by atoms with Crippen molar-refractivity contribution in [3.05, 3.63) is 29.0 Å². The van der Waals surface area contributed by atoms with Crippen molar-refractivity contribution in [2.45, 2.75) is 27.3 Å². The Kier molecular flexibility index (Phi) is 3.97. The molecule has 0 bridgehead atoms. The van der Waals surface area contributed by atoms with Crippen molar-refractivity contribution < 1.29 is 0 Å². The average Bonchev–Trinajstić information content (AvgIpc) is 2.86. The molecule has 0 radical (unpaired) electrons. The zero-order valence-corrected chi connectivity index (χ0v) is 11.4. The standard InChI is InChI=1S/C13H19N3S/c1-9(2)7-14-8-12-15-10(3)13(16-12)11-5-4-6-17-11/h4-6,9,14H,7-8H2,1-3H3,(H,15,16). The molecule has 0 aliphatic heterocycles. The fourth-order valence-corrected chi connectivity index (χ4v) is 2.51. The lowest BCUT2D eigenvalue weighted by atomic mass is 10.2. The van der Waals surface area contributed by atoms with E-state index in [2.05, 4.69) is 53.6 Å². The average molecular weight is 249 g/mol. The van der Waals surface area contributed by atoms with Gasteiger partial charge in [0.05, 0.1) is 11.4 Å². The minimum Gasteiger partial charge on any atom is -0.344 e. The molecule has 2 heterocycles. The zero-order chi connectivity index (χ0) is 12.3. The summed E-state index contributed by atoms with van der Waals surface area (Å²) in [7, 11) is 0. The van der Waals surface area contributed by atoms with Crippen LogP contribution in [0.2, 0.25) is 0 Å². The number of rotatable bonds is 5. The monoisotopic (exact) mass is 249 g/mol. The van der Waals surface area contributed by atoms with Crippen molar-refractivity contribution in [2.24, 2.45) is 5.92 Å². The number of nitrogens with one attached hydrogen (secondary N) is 2. The molecule has 2 aromatic rings. The molecule has 17 heavy (non-hydrogen) atoms. The number of aryl methyl sites for hydroxylation is 1. The molecule has 2 N–H and O–H groups in total. The van der Waals surface area contributed by atoms with Gasteiger partial charge in [-0.1, -0.05) is 19.9 Å². The lowest BCUT2D eigenvalue weighted by Crippen LogP contribution is -2.19. The number of hydrogen-bond donors (Lipinski definition) is 2. The third-order valence-corrected chi connectivity index (χ3v) is 3.41. The van der Waals surface area contributed by atoms with E-state index in [9.17, 15) is 0 Å². The first-order valence-corrected chi connectivity index (χ1v) is 6.85. The molecule has 2 rings (SSSR count). The summed E-state index contributed by atoms with van der Waals surface area (Å²) in [5.74, 6) is 1.69. The lowest BCUT2D eigenvalue weighted by molar-refractivity contribution is 0.544. The largest absolute Gasteiger partial charge is 0.344 e. The molecule has 2 aromatic heterocycles. The van der Waals surface area contributed by atoms with E-state index in [0.717, 1.165) is 30.3 Å². The van der Waals surface area contributed by atoms with E-state index < -0.39 is 0 Å². The van der Waals surface area contributed by atoms with Crippen molar-refractivity contribution in [3.63, 3.8) is 0 Å². The van der Waals surface area contributed by atoms with Gasteiger partial charge in [-0.2, -0.15) is 0 Å². The van der Waals surface area contributed by atoms with Crippen LogP contribution in [0.15, 0.2) is 17.5 Å². The molecule has 4 heteroatoms. The van der Waals surface area contributed by atoms with Crippen LogP contribution in [0.5, 0.6) is 0 Å². The predicted octanol–water partition coefficient (Wildman–Crippen LogP) is 3.19. The smallest absolute Gasteiger partial charge is 0.121 e. The molecule has 0 saturated heterocycles. The Morgan fingerprint density at radius 1 is 1.47 bits per heavy atom. The molecule has 0 aliphatic carbocycles. The van der Waals surface area contributed by atoms with Gasteiger partial charge in [0.1, 0.15) is 11.5 Å². The second-order valence-electron chi connectivity index (χ2n) is 4.66. The highest BCUT2D eigenvalue weighted by molar-refractivity contribution is 7.13. The first-order chi connectivity index (χ1) is 8.16. The molecule has 0 aliphatic rings. The normalized spacial score (nSPS) is 11.3. The third kappa shape index (κ3) is 3.17. The minimum atomic E-state index is 0.669. The Balaban J connectivity index is 2.04. The van der Waals surface area contributed by atoms with E-state index in [1.165, 1.54) is 4.88 Å². The van der Waals surface area contributed by atoms with Gasteiger partial charge < -0.3 is 10.3 Å². The van der Waals surface area contributed by atoms with E-state index in [1.807, 2.05) is 0 Å². The summed E-state index contributed by atoms with van der Waals surface area (Å²) in [6.45, 7) is 8.32. The molecule has 0 aromatic carbocycles. The van der Waals surface area contributed by atoms with Gasteiger partial charge in [-0.25, -0.2) is 4.98 Å². The molecule has 3 nitrogen and oxygen atoms in total. The fourth-order valence-electron chi connectivity index (χ4n) is 1.74. The van der Waals surface area contributed by atoms with Gasteiger partial charge in [0, 0.05) is 5.69 Å². The van der Waals surface area contributed by atoms with Gasteiger partial charge in [-0.05, 0) is 30.8 Å². The zero-order valence-electron chi connectivity index (χ0n) is 10.6. The summed E-state index contributed by atoms with van der Waals surface area (Å²) < 4.78 is 0. The molecule has 0 fully saturated rings. The number of hydrogen-bond acceptors (Lipinski definition) is 3. The van der Waals surface area contributed by atoms with Crippen LogP contribution >= 0.6 is 11.3 Å².